The van der Waals surface area contributed by atoms with Crippen molar-refractivity contribution in [1.29, 1.82) is 0 Å². The molecule has 1 nitrogen and oxygen atoms in total. The van der Waals surface area contributed by atoms with E-state index in [0.29, 0.717) is 28.4 Å². The number of allylic oxidation sites excluding steroid dienone is 3. The van der Waals surface area contributed by atoms with Gasteiger partial charge in [0.2, 0.25) is 0 Å². The van der Waals surface area contributed by atoms with Crippen molar-refractivity contribution in [2.75, 3.05) is 0 Å². The van der Waals surface area contributed by atoms with Crippen LogP contribution >= 0.6 is 0 Å². The third-order valence-electron chi connectivity index (χ3n) is 10.4. The van der Waals surface area contributed by atoms with Gasteiger partial charge in [0.1, 0.15) is 0 Å². The average Bonchev–Trinajstić information content (AvgIpc) is 3.03. The van der Waals surface area contributed by atoms with E-state index in [4.69, 9.17) is 0 Å². The Morgan fingerprint density at radius 3 is 2.41 bits per heavy atom. The van der Waals surface area contributed by atoms with E-state index >= 15 is 0 Å². The minimum atomic E-state index is 0.314. The van der Waals surface area contributed by atoms with Crippen LogP contribution in [-0.4, -0.2) is 5.78 Å². The van der Waals surface area contributed by atoms with Gasteiger partial charge in [-0.15, -0.1) is 0 Å². The summed E-state index contributed by atoms with van der Waals surface area (Å²) in [6.45, 7) is 14.7. The molecular formula is C28H44O. The molecule has 0 saturated heterocycles. The zero-order chi connectivity index (χ0) is 21.0. The Morgan fingerprint density at radius 2 is 1.69 bits per heavy atom. The first-order valence-corrected chi connectivity index (χ1v) is 12.6. The molecule has 4 aliphatic carbocycles. The molecule has 3 fully saturated rings. The highest BCUT2D eigenvalue weighted by Gasteiger charge is 2.59. The van der Waals surface area contributed by atoms with Crippen molar-refractivity contribution in [2.24, 2.45) is 52.3 Å². The van der Waals surface area contributed by atoms with Gasteiger partial charge in [-0.1, -0.05) is 59.3 Å². The first-order valence-electron chi connectivity index (χ1n) is 12.6. The van der Waals surface area contributed by atoms with Crippen LogP contribution in [0.4, 0.5) is 0 Å². The number of carbonyl (C=O) groups is 1. The van der Waals surface area contributed by atoms with E-state index in [0.717, 1.165) is 42.4 Å². The molecule has 0 bridgehead atoms. The summed E-state index contributed by atoms with van der Waals surface area (Å²) in [7, 11) is 0. The number of hydrogen-bond acceptors (Lipinski definition) is 1. The number of fused-ring (bicyclic) bond motifs is 5. The zero-order valence-corrected chi connectivity index (χ0v) is 19.8. The molecule has 0 spiro atoms. The molecule has 4 aliphatic rings. The Labute approximate surface area is 179 Å². The molecule has 0 radical (unpaired) electrons. The smallest absolute Gasteiger partial charge is 0.155 e. The van der Waals surface area contributed by atoms with Gasteiger partial charge in [-0.25, -0.2) is 0 Å². The van der Waals surface area contributed by atoms with E-state index in [1.54, 1.807) is 0 Å². The molecule has 0 aromatic carbocycles. The van der Waals surface area contributed by atoms with E-state index < -0.39 is 0 Å². The van der Waals surface area contributed by atoms with Gasteiger partial charge in [-0.05, 0) is 103 Å². The molecule has 4 rings (SSSR count). The van der Waals surface area contributed by atoms with E-state index in [2.05, 4.69) is 53.7 Å². The van der Waals surface area contributed by atoms with Crippen molar-refractivity contribution >= 4 is 5.78 Å². The second-order valence-electron chi connectivity index (χ2n) is 12.0. The van der Waals surface area contributed by atoms with Crippen molar-refractivity contribution in [2.45, 2.75) is 92.9 Å². The Balaban J connectivity index is 1.53. The van der Waals surface area contributed by atoms with Crippen LogP contribution in [0.2, 0.25) is 0 Å². The van der Waals surface area contributed by atoms with Gasteiger partial charge in [0.25, 0.3) is 0 Å². The summed E-state index contributed by atoms with van der Waals surface area (Å²) in [4.78, 5) is 12.0. The highest BCUT2D eigenvalue weighted by molar-refractivity contribution is 5.91. The second kappa shape index (κ2) is 7.69. The summed E-state index contributed by atoms with van der Waals surface area (Å²) in [5.41, 5.74) is 2.34. The van der Waals surface area contributed by atoms with Crippen LogP contribution in [-0.2, 0) is 4.79 Å². The lowest BCUT2D eigenvalue weighted by molar-refractivity contribution is -0.117. The quantitative estimate of drug-likeness (QED) is 0.447. The van der Waals surface area contributed by atoms with Gasteiger partial charge in [-0.3, -0.25) is 4.79 Å². The molecule has 8 atom stereocenters. The summed E-state index contributed by atoms with van der Waals surface area (Å²) < 4.78 is 0. The topological polar surface area (TPSA) is 17.1 Å². The van der Waals surface area contributed by atoms with Crippen molar-refractivity contribution in [1.82, 2.24) is 0 Å². The summed E-state index contributed by atoms with van der Waals surface area (Å²) in [6.07, 6.45) is 17.2. The maximum atomic E-state index is 12.0. The minimum Gasteiger partial charge on any atom is -0.295 e. The number of carbonyl (C=O) groups excluding carboxylic acids is 1. The standard InChI is InChI=1S/C28H44O/c1-18(2)19(3)7-8-20(4)24-11-12-25-23-10-9-21-17-22(29)13-15-27(21,5)26(23)14-16-28(24,25)6/h7-8,17-20,23-26H,9-16H2,1-6H3/b8-7+/t19-,20-,23+,24-,25-,26-,27+,28-/m1/s1. The Hall–Kier alpha value is -0.850. The van der Waals surface area contributed by atoms with Gasteiger partial charge >= 0.3 is 0 Å². The first-order chi connectivity index (χ1) is 13.7. The highest BCUT2D eigenvalue weighted by Crippen LogP contribution is 2.67. The monoisotopic (exact) mass is 396 g/mol. The highest BCUT2D eigenvalue weighted by atomic mass is 16.1. The Bertz CT molecular complexity index is 699. The normalized spacial score (nSPS) is 44.2. The van der Waals surface area contributed by atoms with Crippen LogP contribution in [0.15, 0.2) is 23.8 Å². The van der Waals surface area contributed by atoms with Crippen LogP contribution in [0, 0.1) is 52.3 Å². The molecule has 29 heavy (non-hydrogen) atoms. The fourth-order valence-corrected chi connectivity index (χ4v) is 8.17. The van der Waals surface area contributed by atoms with Crippen molar-refractivity contribution < 1.29 is 4.79 Å². The number of ketones is 1. The lowest BCUT2D eigenvalue weighted by Gasteiger charge is -2.58. The molecule has 0 aromatic rings. The summed E-state index contributed by atoms with van der Waals surface area (Å²) in [5.74, 6) is 5.95. The summed E-state index contributed by atoms with van der Waals surface area (Å²) >= 11 is 0. The summed E-state index contributed by atoms with van der Waals surface area (Å²) in [6, 6.07) is 0. The van der Waals surface area contributed by atoms with E-state index in [-0.39, 0.29) is 0 Å². The third-order valence-corrected chi connectivity index (χ3v) is 10.4. The molecule has 162 valence electrons. The zero-order valence-electron chi connectivity index (χ0n) is 19.8. The van der Waals surface area contributed by atoms with E-state index in [1.807, 2.05) is 6.08 Å². The van der Waals surface area contributed by atoms with Crippen molar-refractivity contribution in [3.8, 4) is 0 Å². The van der Waals surface area contributed by atoms with Crippen LogP contribution in [0.25, 0.3) is 0 Å². The lowest BCUT2D eigenvalue weighted by Crippen LogP contribution is -2.50. The second-order valence-corrected chi connectivity index (χ2v) is 12.0. The molecule has 0 unspecified atom stereocenters. The predicted octanol–water partition coefficient (Wildman–Crippen LogP) is 7.62. The lowest BCUT2D eigenvalue weighted by atomic mass is 9.46. The predicted molar refractivity (Wildman–Crippen MR) is 123 cm³/mol. The van der Waals surface area contributed by atoms with Crippen LogP contribution < -0.4 is 0 Å². The van der Waals surface area contributed by atoms with Crippen molar-refractivity contribution in [3.63, 3.8) is 0 Å². The molecule has 0 aromatic heterocycles. The molecule has 0 amide bonds. The fraction of sp³-hybridized carbons (Fsp3) is 0.821. The van der Waals surface area contributed by atoms with Gasteiger partial charge in [0, 0.05) is 6.42 Å². The van der Waals surface area contributed by atoms with Gasteiger partial charge in [-0.2, -0.15) is 0 Å². The van der Waals surface area contributed by atoms with Crippen LogP contribution in [0.1, 0.15) is 92.9 Å². The van der Waals surface area contributed by atoms with Gasteiger partial charge in [0.15, 0.2) is 5.78 Å². The molecule has 0 N–H and O–H groups in total. The van der Waals surface area contributed by atoms with Gasteiger partial charge in [0.05, 0.1) is 0 Å². The number of rotatable bonds is 4. The maximum absolute atomic E-state index is 12.0. The fourth-order valence-electron chi connectivity index (χ4n) is 8.17. The molecule has 1 heteroatoms. The maximum Gasteiger partial charge on any atom is 0.155 e. The molecule has 0 heterocycles. The molecular weight excluding hydrogens is 352 g/mol. The largest absolute Gasteiger partial charge is 0.295 e. The Kier molecular flexibility index (Phi) is 5.67. The van der Waals surface area contributed by atoms with Crippen molar-refractivity contribution in [3.05, 3.63) is 23.8 Å². The number of hydrogen-bond donors (Lipinski definition) is 0. The molecule has 3 saturated carbocycles. The van der Waals surface area contributed by atoms with E-state index in [1.165, 1.54) is 44.1 Å². The third kappa shape index (κ3) is 3.49. The SMILES string of the molecule is CC(C)[C@H](C)/C=C/[C@@H](C)[C@H]1CC[C@@H]2[C@@H]3CCC4=CC(=O)CC[C@]4(C)[C@@H]3CC[C@@]21C. The van der Waals surface area contributed by atoms with Crippen LogP contribution in [0.3, 0.4) is 0 Å². The summed E-state index contributed by atoms with van der Waals surface area (Å²) in [5, 5.41) is 0. The Morgan fingerprint density at radius 1 is 0.931 bits per heavy atom. The van der Waals surface area contributed by atoms with Gasteiger partial charge < -0.3 is 0 Å². The van der Waals surface area contributed by atoms with E-state index in [9.17, 15) is 4.79 Å². The van der Waals surface area contributed by atoms with Crippen LogP contribution in [0.5, 0.6) is 0 Å². The molecule has 0 aliphatic heterocycles. The average molecular weight is 397 g/mol. The first kappa shape index (κ1) is 21.4. The minimum absolute atomic E-state index is 0.314.